The molecule has 0 rings (SSSR count). The highest BCUT2D eigenvalue weighted by Gasteiger charge is 2.36. The second-order valence-corrected chi connectivity index (χ2v) is 2.80. The normalized spacial score (nSPS) is 17.2. The fraction of sp³-hybridized carbons (Fsp3) is 0.875. The van der Waals surface area contributed by atoms with Crippen molar-refractivity contribution in [3.05, 3.63) is 0 Å². The minimum Gasteiger partial charge on any atom is -0.466 e. The maximum atomic E-state index is 12.3. The Morgan fingerprint density at radius 1 is 1.71 bits per heavy atom. The second-order valence-electron chi connectivity index (χ2n) is 2.80. The Bertz CT molecular complexity index is 184. The molecule has 5 nitrogen and oxygen atoms in total. The van der Waals surface area contributed by atoms with Crippen molar-refractivity contribution in [3.63, 3.8) is 0 Å². The molecule has 84 valence electrons. The van der Waals surface area contributed by atoms with Crippen LogP contribution in [-0.2, 0) is 14.3 Å². The highest BCUT2D eigenvalue weighted by molar-refractivity contribution is 5.70. The predicted octanol–water partition coefficient (Wildman–Crippen LogP) is -0.429. The van der Waals surface area contributed by atoms with Crippen molar-refractivity contribution in [2.24, 2.45) is 5.73 Å². The average molecular weight is 209 g/mol. The summed E-state index contributed by atoms with van der Waals surface area (Å²) in [6.07, 6.45) is -0.290. The summed E-state index contributed by atoms with van der Waals surface area (Å²) in [5.41, 5.74) is 5.39. The minimum absolute atomic E-state index is 0.215. The Labute approximate surface area is 82.0 Å². The zero-order chi connectivity index (χ0) is 11.2. The van der Waals surface area contributed by atoms with Crippen molar-refractivity contribution >= 4 is 5.97 Å². The van der Waals surface area contributed by atoms with Gasteiger partial charge in [0.1, 0.15) is 6.67 Å². The zero-order valence-electron chi connectivity index (χ0n) is 8.33. The molecule has 0 aromatic carbocycles. The first kappa shape index (κ1) is 13.3. The molecule has 14 heavy (non-hydrogen) atoms. The molecule has 0 aliphatic carbocycles. The molecular weight excluding hydrogens is 193 g/mol. The Morgan fingerprint density at radius 3 is 2.64 bits per heavy atom. The number of esters is 1. The molecule has 0 aromatic rings. The third-order valence-electron chi connectivity index (χ3n) is 1.82. The quantitative estimate of drug-likeness (QED) is 0.458. The number of carbonyl (C=O) groups excluding carboxylic acids is 1. The summed E-state index contributed by atoms with van der Waals surface area (Å²) in [5.74, 6) is -2.71. The summed E-state index contributed by atoms with van der Waals surface area (Å²) in [5, 5.41) is 9.38. The summed E-state index contributed by atoms with van der Waals surface area (Å²) in [7, 11) is 1.12. The van der Waals surface area contributed by atoms with Crippen molar-refractivity contribution in [3.8, 4) is 0 Å². The van der Waals surface area contributed by atoms with Crippen LogP contribution in [0, 0.1) is 0 Å². The van der Waals surface area contributed by atoms with Gasteiger partial charge in [0.2, 0.25) is 5.79 Å². The van der Waals surface area contributed by atoms with E-state index in [0.29, 0.717) is 0 Å². The zero-order valence-corrected chi connectivity index (χ0v) is 8.33. The van der Waals surface area contributed by atoms with Crippen molar-refractivity contribution in [2.45, 2.75) is 25.2 Å². The van der Waals surface area contributed by atoms with Crippen molar-refractivity contribution in [1.29, 1.82) is 0 Å². The first-order valence-corrected chi connectivity index (χ1v) is 4.24. The van der Waals surface area contributed by atoms with E-state index < -0.39 is 24.5 Å². The largest absolute Gasteiger partial charge is 0.466 e. The van der Waals surface area contributed by atoms with E-state index in [9.17, 15) is 14.3 Å². The van der Waals surface area contributed by atoms with Gasteiger partial charge in [0.05, 0.1) is 19.1 Å². The number of hydrogen-bond donors (Lipinski definition) is 2. The highest BCUT2D eigenvalue weighted by atomic mass is 19.1. The number of halogens is 1. The monoisotopic (exact) mass is 209 g/mol. The number of ether oxygens (including phenoxy) is 2. The molecular formula is C8H16FNO4. The van der Waals surface area contributed by atoms with Crippen LogP contribution in [0.25, 0.3) is 0 Å². The van der Waals surface area contributed by atoms with E-state index in [0.717, 1.165) is 7.11 Å². The Balaban J connectivity index is 4.17. The first-order valence-electron chi connectivity index (χ1n) is 4.24. The SMILES string of the molecule is CCOC(=O)CC(N)C(O)(CF)OC. The van der Waals surface area contributed by atoms with E-state index in [1.54, 1.807) is 6.92 Å². The van der Waals surface area contributed by atoms with Crippen LogP contribution in [0.5, 0.6) is 0 Å². The molecule has 0 saturated carbocycles. The lowest BCUT2D eigenvalue weighted by Gasteiger charge is -2.28. The molecule has 2 unspecified atom stereocenters. The van der Waals surface area contributed by atoms with E-state index in [-0.39, 0.29) is 13.0 Å². The maximum absolute atomic E-state index is 12.3. The Hall–Kier alpha value is -0.720. The van der Waals surface area contributed by atoms with Crippen LogP contribution in [0.3, 0.4) is 0 Å². The van der Waals surface area contributed by atoms with Crippen LogP contribution in [0.4, 0.5) is 4.39 Å². The summed E-state index contributed by atoms with van der Waals surface area (Å²) < 4.78 is 21.4. The predicted molar refractivity (Wildman–Crippen MR) is 47.2 cm³/mol. The van der Waals surface area contributed by atoms with Crippen LogP contribution < -0.4 is 5.73 Å². The molecule has 0 saturated heterocycles. The van der Waals surface area contributed by atoms with E-state index in [1.165, 1.54) is 0 Å². The fourth-order valence-corrected chi connectivity index (χ4v) is 0.864. The number of nitrogens with two attached hydrogens (primary N) is 1. The lowest BCUT2D eigenvalue weighted by Crippen LogP contribution is -2.52. The van der Waals surface area contributed by atoms with Gasteiger partial charge in [-0.05, 0) is 6.92 Å². The molecule has 0 aromatic heterocycles. The van der Waals surface area contributed by atoms with Gasteiger partial charge >= 0.3 is 5.97 Å². The molecule has 0 bridgehead atoms. The molecule has 0 amide bonds. The summed E-state index contributed by atoms with van der Waals surface area (Å²) >= 11 is 0. The van der Waals surface area contributed by atoms with Gasteiger partial charge in [-0.25, -0.2) is 4.39 Å². The summed E-state index contributed by atoms with van der Waals surface area (Å²) in [6.45, 7) is 0.678. The third kappa shape index (κ3) is 3.57. The van der Waals surface area contributed by atoms with Gasteiger partial charge in [0.15, 0.2) is 0 Å². The van der Waals surface area contributed by atoms with Crippen molar-refractivity contribution in [2.75, 3.05) is 20.4 Å². The lowest BCUT2D eigenvalue weighted by atomic mass is 10.1. The number of rotatable bonds is 6. The topological polar surface area (TPSA) is 81.8 Å². The van der Waals surface area contributed by atoms with Crippen LogP contribution >= 0.6 is 0 Å². The van der Waals surface area contributed by atoms with Crippen LogP contribution in [0.2, 0.25) is 0 Å². The molecule has 3 N–H and O–H groups in total. The van der Waals surface area contributed by atoms with Gasteiger partial charge in [-0.1, -0.05) is 0 Å². The number of carbonyl (C=O) groups is 1. The van der Waals surface area contributed by atoms with Gasteiger partial charge < -0.3 is 20.3 Å². The van der Waals surface area contributed by atoms with Crippen LogP contribution in [-0.4, -0.2) is 43.3 Å². The van der Waals surface area contributed by atoms with Crippen molar-refractivity contribution in [1.82, 2.24) is 0 Å². The molecule has 6 heteroatoms. The number of methoxy groups -OCH3 is 1. The molecule has 2 atom stereocenters. The maximum Gasteiger partial charge on any atom is 0.307 e. The minimum atomic E-state index is -2.12. The van der Waals surface area contributed by atoms with Crippen LogP contribution in [0.15, 0.2) is 0 Å². The molecule has 0 radical (unpaired) electrons. The smallest absolute Gasteiger partial charge is 0.307 e. The highest BCUT2D eigenvalue weighted by Crippen LogP contribution is 2.14. The van der Waals surface area contributed by atoms with Gasteiger partial charge in [-0.3, -0.25) is 4.79 Å². The fourth-order valence-electron chi connectivity index (χ4n) is 0.864. The van der Waals surface area contributed by atoms with Gasteiger partial charge in [0, 0.05) is 7.11 Å². The van der Waals surface area contributed by atoms with E-state index in [4.69, 9.17) is 5.73 Å². The molecule has 0 aliphatic rings. The Morgan fingerprint density at radius 2 is 2.29 bits per heavy atom. The van der Waals surface area contributed by atoms with E-state index >= 15 is 0 Å². The molecule has 0 fully saturated rings. The second kappa shape index (κ2) is 5.90. The standard InChI is InChI=1S/C8H16FNO4/c1-3-14-7(11)4-6(10)8(12,5-9)13-2/h6,12H,3-5,10H2,1-2H3. The number of hydrogen-bond acceptors (Lipinski definition) is 5. The first-order chi connectivity index (χ1) is 6.50. The lowest BCUT2D eigenvalue weighted by molar-refractivity contribution is -0.211. The van der Waals surface area contributed by atoms with Gasteiger partial charge in [-0.15, -0.1) is 0 Å². The average Bonchev–Trinajstić information content (AvgIpc) is 2.16. The summed E-state index contributed by atoms with van der Waals surface area (Å²) in [4.78, 5) is 10.9. The van der Waals surface area contributed by atoms with Crippen LogP contribution in [0.1, 0.15) is 13.3 Å². The molecule has 0 spiro atoms. The number of alkyl halides is 1. The molecule has 0 aliphatic heterocycles. The summed E-state index contributed by atoms with van der Waals surface area (Å²) in [6, 6.07) is -1.14. The van der Waals surface area contributed by atoms with Crippen molar-refractivity contribution < 1.29 is 23.8 Å². The van der Waals surface area contributed by atoms with Gasteiger partial charge in [0.25, 0.3) is 0 Å². The Kier molecular flexibility index (Phi) is 5.59. The van der Waals surface area contributed by atoms with E-state index in [2.05, 4.69) is 9.47 Å². The van der Waals surface area contributed by atoms with E-state index in [1.807, 2.05) is 0 Å². The number of aliphatic hydroxyl groups is 1. The third-order valence-corrected chi connectivity index (χ3v) is 1.82. The van der Waals surface area contributed by atoms with Gasteiger partial charge in [-0.2, -0.15) is 0 Å². The molecule has 0 heterocycles.